The molecule has 3 atom stereocenters. The molecular formula is C10H16N2O11P2. The van der Waals surface area contributed by atoms with Crippen molar-refractivity contribution in [2.45, 2.75) is 36.9 Å². The first-order chi connectivity index (χ1) is 11.2. The number of aliphatic hydroxyl groups excluding tert-OH is 1. The van der Waals surface area contributed by atoms with E-state index in [4.69, 9.17) is 4.74 Å². The lowest BCUT2D eigenvalue weighted by Gasteiger charge is -2.35. The first-order valence-corrected chi connectivity index (χ1v) is 9.92. The summed E-state index contributed by atoms with van der Waals surface area (Å²) in [4.78, 5) is 61.9. The zero-order valence-corrected chi connectivity index (χ0v) is 14.4. The molecule has 0 bridgehead atoms. The van der Waals surface area contributed by atoms with Gasteiger partial charge < -0.3 is 34.5 Å². The molecule has 2 rings (SSSR count). The van der Waals surface area contributed by atoms with Crippen LogP contribution in [0.4, 0.5) is 0 Å². The van der Waals surface area contributed by atoms with E-state index >= 15 is 0 Å². The topological polar surface area (TPSA) is 220 Å². The molecule has 1 aromatic rings. The number of ether oxygens (including phenoxy) is 1. The summed E-state index contributed by atoms with van der Waals surface area (Å²) in [7, 11) is -11.8. The van der Waals surface area contributed by atoms with Crippen LogP contribution < -0.4 is 11.2 Å². The van der Waals surface area contributed by atoms with Crippen LogP contribution in [0, 0.1) is 6.92 Å². The van der Waals surface area contributed by atoms with Gasteiger partial charge in [-0.25, -0.2) is 4.79 Å². The molecular weight excluding hydrogens is 386 g/mol. The van der Waals surface area contributed by atoms with Gasteiger partial charge in [0.2, 0.25) is 0 Å². The van der Waals surface area contributed by atoms with Crippen LogP contribution in [0.3, 0.4) is 0 Å². The maximum atomic E-state index is 11.8. The maximum Gasteiger partial charge on any atom is 0.372 e. The molecule has 0 amide bonds. The summed E-state index contributed by atoms with van der Waals surface area (Å²) in [5, 5.41) is 16.0. The van der Waals surface area contributed by atoms with Gasteiger partial charge in [0.25, 0.3) is 10.6 Å². The Kier molecular flexibility index (Phi) is 5.03. The summed E-state index contributed by atoms with van der Waals surface area (Å²) in [6.45, 7) is 1.35. The van der Waals surface area contributed by atoms with Crippen molar-refractivity contribution in [3.8, 4) is 0 Å². The highest BCUT2D eigenvalue weighted by Crippen LogP contribution is 2.70. The van der Waals surface area contributed by atoms with E-state index in [0.29, 0.717) is 0 Å². The van der Waals surface area contributed by atoms with Gasteiger partial charge in [-0.15, -0.1) is 0 Å². The summed E-state index contributed by atoms with van der Waals surface area (Å²) < 4.78 is 28.7. The van der Waals surface area contributed by atoms with Gasteiger partial charge in [0.05, 0.1) is 6.10 Å². The standard InChI is InChI=1S/C10H16N2O11P2/c1-4-3-12(9(15)11-8(4)14)6-2-5(13)7(23-6)10(16,24(17,18)19)25(20,21)22/h3,5-7,13,16H,2H2,1H3,(H,11,14,15)(H2,17,18,19)(H2,20,21,22)/t5-,6+,7-/m0/s1. The fraction of sp³-hybridized carbons (Fsp3) is 0.600. The van der Waals surface area contributed by atoms with Crippen molar-refractivity contribution in [3.63, 3.8) is 0 Å². The Balaban J connectivity index is 2.50. The quantitative estimate of drug-likeness (QED) is 0.261. The number of aromatic nitrogens is 2. The lowest BCUT2D eigenvalue weighted by atomic mass is 10.2. The Bertz CT molecular complexity index is 858. The predicted molar refractivity (Wildman–Crippen MR) is 79.6 cm³/mol. The third-order valence-electron chi connectivity index (χ3n) is 3.79. The van der Waals surface area contributed by atoms with Crippen LogP contribution in [-0.4, -0.2) is 56.6 Å². The van der Waals surface area contributed by atoms with Crippen molar-refractivity contribution in [2.24, 2.45) is 0 Å². The molecule has 1 saturated heterocycles. The van der Waals surface area contributed by atoms with E-state index in [9.17, 15) is 48.5 Å². The number of rotatable bonds is 4. The average Bonchev–Trinajstić information content (AvgIpc) is 2.81. The number of aromatic amines is 1. The minimum atomic E-state index is -5.88. The van der Waals surface area contributed by atoms with Crippen molar-refractivity contribution in [1.82, 2.24) is 9.55 Å². The van der Waals surface area contributed by atoms with Gasteiger partial charge in [0.15, 0.2) is 0 Å². The highest BCUT2D eigenvalue weighted by Gasteiger charge is 2.68. The SMILES string of the molecule is Cc1cn([C@H]2C[C@H](O)[C@@H](C(O)(P(=O)(O)O)P(=O)(O)O)O2)c(=O)[nH]c1=O. The lowest BCUT2D eigenvalue weighted by Crippen LogP contribution is -2.47. The van der Waals surface area contributed by atoms with E-state index < -0.39 is 56.4 Å². The van der Waals surface area contributed by atoms with Crippen molar-refractivity contribution < 1.29 is 43.7 Å². The van der Waals surface area contributed by atoms with Crippen molar-refractivity contribution in [1.29, 1.82) is 0 Å². The van der Waals surface area contributed by atoms with Gasteiger partial charge in [0, 0.05) is 18.2 Å². The maximum absolute atomic E-state index is 11.8. The molecule has 0 radical (unpaired) electrons. The number of hydrogen-bond donors (Lipinski definition) is 7. The van der Waals surface area contributed by atoms with Crippen molar-refractivity contribution >= 4 is 15.2 Å². The van der Waals surface area contributed by atoms with Crippen LogP contribution in [0.2, 0.25) is 0 Å². The van der Waals surface area contributed by atoms with Crippen LogP contribution >= 0.6 is 15.2 Å². The molecule has 13 nitrogen and oxygen atoms in total. The Hall–Kier alpha value is -1.14. The zero-order valence-electron chi connectivity index (χ0n) is 12.6. The van der Waals surface area contributed by atoms with Crippen LogP contribution in [-0.2, 0) is 13.9 Å². The van der Waals surface area contributed by atoms with E-state index in [1.54, 1.807) is 0 Å². The second-order valence-corrected chi connectivity index (χ2v) is 9.46. The molecule has 1 aliphatic rings. The monoisotopic (exact) mass is 402 g/mol. The first-order valence-electron chi connectivity index (χ1n) is 6.69. The molecule has 2 heterocycles. The largest absolute Gasteiger partial charge is 0.390 e. The Morgan fingerprint density at radius 3 is 2.24 bits per heavy atom. The summed E-state index contributed by atoms with van der Waals surface area (Å²) in [6, 6.07) is 0. The molecule has 0 aromatic carbocycles. The second kappa shape index (κ2) is 6.23. The predicted octanol–water partition coefficient (Wildman–Crippen LogP) is -2.51. The van der Waals surface area contributed by atoms with E-state index in [0.717, 1.165) is 10.8 Å². The number of aliphatic hydroxyl groups is 2. The second-order valence-electron chi connectivity index (χ2n) is 5.57. The van der Waals surface area contributed by atoms with Crippen molar-refractivity contribution in [2.75, 3.05) is 0 Å². The minimum absolute atomic E-state index is 0.0707. The molecule has 142 valence electrons. The third-order valence-corrected chi connectivity index (χ3v) is 7.58. The van der Waals surface area contributed by atoms with Gasteiger partial charge in [-0.1, -0.05) is 0 Å². The highest BCUT2D eigenvalue weighted by atomic mass is 31.2. The molecule has 1 fully saturated rings. The molecule has 1 aromatic heterocycles. The van der Waals surface area contributed by atoms with Crippen LogP contribution in [0.25, 0.3) is 0 Å². The van der Waals surface area contributed by atoms with Crippen LogP contribution in [0.1, 0.15) is 18.2 Å². The van der Waals surface area contributed by atoms with Crippen LogP contribution in [0.5, 0.6) is 0 Å². The third kappa shape index (κ3) is 3.31. The fourth-order valence-electron chi connectivity index (χ4n) is 2.48. The smallest absolute Gasteiger partial charge is 0.372 e. The number of nitrogens with zero attached hydrogens (tertiary/aromatic N) is 1. The number of H-pyrrole nitrogens is 1. The Morgan fingerprint density at radius 1 is 1.24 bits per heavy atom. The summed E-state index contributed by atoms with van der Waals surface area (Å²) in [5.74, 6) is 0. The van der Waals surface area contributed by atoms with E-state index in [1.165, 1.54) is 6.92 Å². The van der Waals surface area contributed by atoms with E-state index in [1.807, 2.05) is 4.98 Å². The molecule has 0 spiro atoms. The normalized spacial score (nSPS) is 25.3. The molecule has 25 heavy (non-hydrogen) atoms. The average molecular weight is 402 g/mol. The lowest BCUT2D eigenvalue weighted by molar-refractivity contribution is -0.0865. The first kappa shape index (κ1) is 20.2. The fourth-order valence-corrected chi connectivity index (χ4v) is 4.96. The Morgan fingerprint density at radius 2 is 1.76 bits per heavy atom. The van der Waals surface area contributed by atoms with Gasteiger partial charge in [-0.2, -0.15) is 0 Å². The zero-order chi connectivity index (χ0) is 19.4. The molecule has 7 N–H and O–H groups in total. The van der Waals surface area contributed by atoms with Crippen LogP contribution in [0.15, 0.2) is 15.8 Å². The Labute approximate surface area is 138 Å². The molecule has 0 saturated carbocycles. The molecule has 0 unspecified atom stereocenters. The van der Waals surface area contributed by atoms with Gasteiger partial charge >= 0.3 is 20.9 Å². The summed E-state index contributed by atoms with van der Waals surface area (Å²) in [5.41, 5.74) is -1.61. The highest BCUT2D eigenvalue weighted by molar-refractivity contribution is 7.72. The van der Waals surface area contributed by atoms with Gasteiger partial charge in [-0.05, 0) is 6.92 Å². The van der Waals surface area contributed by atoms with E-state index in [-0.39, 0.29) is 5.56 Å². The van der Waals surface area contributed by atoms with Crippen molar-refractivity contribution in [3.05, 3.63) is 32.6 Å². The van der Waals surface area contributed by atoms with E-state index in [2.05, 4.69) is 0 Å². The van der Waals surface area contributed by atoms with Gasteiger partial charge in [-0.3, -0.25) is 23.5 Å². The molecule has 1 aliphatic heterocycles. The molecule has 15 heteroatoms. The summed E-state index contributed by atoms with van der Waals surface area (Å²) in [6.07, 6.45) is -5.24. The number of aryl methyl sites for hydroxylation is 1. The minimum Gasteiger partial charge on any atom is -0.390 e. The number of nitrogens with one attached hydrogen (secondary N) is 1. The number of hydrogen-bond acceptors (Lipinski definition) is 7. The van der Waals surface area contributed by atoms with Gasteiger partial charge in [0.1, 0.15) is 12.3 Å². The molecule has 0 aliphatic carbocycles. The summed E-state index contributed by atoms with van der Waals surface area (Å²) >= 11 is 0.